The van der Waals surface area contributed by atoms with Crippen molar-refractivity contribution < 1.29 is 4.79 Å². The Kier molecular flexibility index (Phi) is 8.29. The number of thioether (sulfide) groups is 1. The van der Waals surface area contributed by atoms with Gasteiger partial charge in [0.1, 0.15) is 5.25 Å². The van der Waals surface area contributed by atoms with Crippen molar-refractivity contribution in [2.75, 3.05) is 26.7 Å². The molecule has 2 unspecified atom stereocenters. The summed E-state index contributed by atoms with van der Waals surface area (Å²) in [7, 11) is 1.96. The normalized spacial score (nSPS) is 17.6. The molecule has 0 bridgehead atoms. The number of nitrogens with zero attached hydrogens (tertiary/aromatic N) is 1. The molecule has 0 aliphatic carbocycles. The van der Waals surface area contributed by atoms with E-state index in [1.165, 1.54) is 11.8 Å². The molecule has 2 aromatic carbocycles. The molecule has 3 nitrogen and oxygen atoms in total. The summed E-state index contributed by atoms with van der Waals surface area (Å²) in [5.41, 5.74) is 1.02. The minimum absolute atomic E-state index is 0. The van der Waals surface area contributed by atoms with E-state index in [1.54, 1.807) is 0 Å². The Hall–Kier alpha value is -1.20. The fourth-order valence-electron chi connectivity index (χ4n) is 3.21. The van der Waals surface area contributed by atoms with Crippen LogP contribution in [0.4, 0.5) is 0 Å². The van der Waals surface area contributed by atoms with Crippen LogP contribution in [0, 0.1) is 5.92 Å². The third-order valence-corrected chi connectivity index (χ3v) is 6.26. The lowest BCUT2D eigenvalue weighted by Gasteiger charge is -2.24. The van der Waals surface area contributed by atoms with Gasteiger partial charge in [0.25, 0.3) is 0 Å². The lowest BCUT2D eigenvalue weighted by Crippen LogP contribution is -2.33. The fraction of sp³-hybridized carbons (Fsp3) is 0.350. The van der Waals surface area contributed by atoms with Crippen LogP contribution < -0.4 is 5.32 Å². The second-order valence-corrected chi connectivity index (χ2v) is 7.89. The highest BCUT2D eigenvalue weighted by atomic mass is 35.5. The minimum Gasteiger partial charge on any atom is -0.341 e. The first-order valence-electron chi connectivity index (χ1n) is 8.58. The molecule has 1 heterocycles. The van der Waals surface area contributed by atoms with Crippen LogP contribution in [-0.2, 0) is 4.79 Å². The Labute approximate surface area is 170 Å². The largest absolute Gasteiger partial charge is 0.341 e. The zero-order valence-electron chi connectivity index (χ0n) is 14.7. The number of carbonyl (C=O) groups is 1. The van der Waals surface area contributed by atoms with E-state index >= 15 is 0 Å². The van der Waals surface area contributed by atoms with E-state index in [4.69, 9.17) is 11.6 Å². The van der Waals surface area contributed by atoms with Crippen LogP contribution in [-0.4, -0.2) is 37.5 Å². The number of hydrogen-bond acceptors (Lipinski definition) is 3. The van der Waals surface area contributed by atoms with E-state index in [0.717, 1.165) is 36.5 Å². The average Bonchev–Trinajstić information content (AvgIpc) is 3.10. The standard InChI is InChI=1S/C20H23ClN2OS.ClH/c1-22-13-15-11-12-23(14-15)20(24)19(16-7-3-2-4-8-16)25-18-10-6-5-9-17(18)21;/h2-10,15,19,22H,11-14H2,1H3;1H. The maximum atomic E-state index is 13.3. The van der Waals surface area contributed by atoms with Crippen molar-refractivity contribution >= 4 is 41.7 Å². The number of amides is 1. The van der Waals surface area contributed by atoms with Crippen LogP contribution in [0.25, 0.3) is 0 Å². The van der Waals surface area contributed by atoms with Crippen molar-refractivity contribution in [3.8, 4) is 0 Å². The topological polar surface area (TPSA) is 32.3 Å². The summed E-state index contributed by atoms with van der Waals surface area (Å²) in [6.45, 7) is 2.61. The molecular weight excluding hydrogens is 387 g/mol. The number of benzene rings is 2. The lowest BCUT2D eigenvalue weighted by molar-refractivity contribution is -0.129. The summed E-state index contributed by atoms with van der Waals surface area (Å²) >= 11 is 7.87. The summed E-state index contributed by atoms with van der Waals surface area (Å²) < 4.78 is 0. The lowest BCUT2D eigenvalue weighted by atomic mass is 10.1. The molecule has 1 saturated heterocycles. The summed E-state index contributed by atoms with van der Waals surface area (Å²) in [6.07, 6.45) is 1.06. The van der Waals surface area contributed by atoms with Crippen molar-refractivity contribution in [1.82, 2.24) is 10.2 Å². The van der Waals surface area contributed by atoms with E-state index in [1.807, 2.05) is 66.5 Å². The minimum atomic E-state index is -0.269. The van der Waals surface area contributed by atoms with Gasteiger partial charge in [-0.15, -0.1) is 24.2 Å². The van der Waals surface area contributed by atoms with Gasteiger partial charge in [0, 0.05) is 18.0 Å². The van der Waals surface area contributed by atoms with Gasteiger partial charge in [-0.3, -0.25) is 4.79 Å². The maximum absolute atomic E-state index is 13.3. The van der Waals surface area contributed by atoms with Crippen LogP contribution in [0.3, 0.4) is 0 Å². The number of halogens is 2. The summed E-state index contributed by atoms with van der Waals surface area (Å²) in [4.78, 5) is 16.2. The summed E-state index contributed by atoms with van der Waals surface area (Å²) in [6, 6.07) is 17.7. The zero-order valence-corrected chi connectivity index (χ0v) is 17.1. The van der Waals surface area contributed by atoms with Gasteiger partial charge in [-0.1, -0.05) is 54.1 Å². The molecule has 26 heavy (non-hydrogen) atoms. The van der Waals surface area contributed by atoms with Crippen LogP contribution >= 0.6 is 35.8 Å². The van der Waals surface area contributed by atoms with Gasteiger partial charge in [-0.05, 0) is 43.6 Å². The van der Waals surface area contributed by atoms with Gasteiger partial charge in [-0.2, -0.15) is 0 Å². The Morgan fingerprint density at radius 1 is 1.23 bits per heavy atom. The number of nitrogens with one attached hydrogen (secondary N) is 1. The second-order valence-electron chi connectivity index (χ2n) is 6.34. The predicted molar refractivity (Wildman–Crippen MR) is 112 cm³/mol. The Morgan fingerprint density at radius 3 is 2.62 bits per heavy atom. The maximum Gasteiger partial charge on any atom is 0.240 e. The number of rotatable bonds is 6. The van der Waals surface area contributed by atoms with Crippen LogP contribution in [0.1, 0.15) is 17.2 Å². The first-order chi connectivity index (χ1) is 12.2. The Morgan fingerprint density at radius 2 is 1.92 bits per heavy atom. The van der Waals surface area contributed by atoms with E-state index in [2.05, 4.69) is 5.32 Å². The number of hydrogen-bond donors (Lipinski definition) is 1. The molecule has 140 valence electrons. The molecule has 0 radical (unpaired) electrons. The number of likely N-dealkylation sites (tertiary alicyclic amines) is 1. The molecule has 2 aromatic rings. The molecule has 1 amide bonds. The van der Waals surface area contributed by atoms with Crippen molar-refractivity contribution in [2.45, 2.75) is 16.6 Å². The summed E-state index contributed by atoms with van der Waals surface area (Å²) in [5, 5.41) is 3.64. The molecule has 0 aromatic heterocycles. The fourth-order valence-corrected chi connectivity index (χ4v) is 4.61. The van der Waals surface area contributed by atoms with Gasteiger partial charge >= 0.3 is 0 Å². The smallest absolute Gasteiger partial charge is 0.240 e. The Balaban J connectivity index is 0.00000243. The van der Waals surface area contributed by atoms with E-state index in [-0.39, 0.29) is 23.6 Å². The van der Waals surface area contributed by atoms with Gasteiger partial charge in [-0.25, -0.2) is 0 Å². The highest BCUT2D eigenvalue weighted by Gasteiger charge is 2.32. The Bertz CT molecular complexity index is 714. The van der Waals surface area contributed by atoms with E-state index < -0.39 is 0 Å². The first kappa shape index (κ1) is 21.1. The monoisotopic (exact) mass is 410 g/mol. The van der Waals surface area contributed by atoms with Crippen LogP contribution in [0.2, 0.25) is 5.02 Å². The average molecular weight is 411 g/mol. The SMILES string of the molecule is CNCC1CCN(C(=O)C(Sc2ccccc2Cl)c2ccccc2)C1.Cl. The first-order valence-corrected chi connectivity index (χ1v) is 9.84. The molecule has 0 saturated carbocycles. The van der Waals surface area contributed by atoms with Gasteiger partial charge < -0.3 is 10.2 Å². The van der Waals surface area contributed by atoms with E-state index in [0.29, 0.717) is 10.9 Å². The van der Waals surface area contributed by atoms with Gasteiger partial charge in [0.2, 0.25) is 5.91 Å². The van der Waals surface area contributed by atoms with Crippen LogP contribution in [0.5, 0.6) is 0 Å². The third kappa shape index (κ3) is 5.17. The van der Waals surface area contributed by atoms with Gasteiger partial charge in [0.05, 0.1) is 5.02 Å². The molecule has 1 aliphatic rings. The second kappa shape index (κ2) is 10.2. The summed E-state index contributed by atoms with van der Waals surface area (Å²) in [5.74, 6) is 0.713. The van der Waals surface area contributed by atoms with Crippen molar-refractivity contribution in [3.63, 3.8) is 0 Å². The highest BCUT2D eigenvalue weighted by molar-refractivity contribution is 8.00. The van der Waals surface area contributed by atoms with Crippen molar-refractivity contribution in [1.29, 1.82) is 0 Å². The van der Waals surface area contributed by atoms with Crippen LogP contribution in [0.15, 0.2) is 59.5 Å². The molecule has 6 heteroatoms. The molecule has 3 rings (SSSR count). The zero-order chi connectivity index (χ0) is 17.6. The predicted octanol–water partition coefficient (Wildman–Crippen LogP) is 4.66. The molecule has 1 fully saturated rings. The quantitative estimate of drug-likeness (QED) is 0.702. The highest BCUT2D eigenvalue weighted by Crippen LogP contribution is 2.40. The molecule has 1 aliphatic heterocycles. The molecule has 2 atom stereocenters. The molecular formula is C20H24Cl2N2OS. The van der Waals surface area contributed by atoms with Crippen molar-refractivity contribution in [3.05, 3.63) is 65.2 Å². The molecule has 0 spiro atoms. The third-order valence-electron chi connectivity index (χ3n) is 4.50. The van der Waals surface area contributed by atoms with Gasteiger partial charge in [0.15, 0.2) is 0 Å². The molecule has 1 N–H and O–H groups in total. The van der Waals surface area contributed by atoms with E-state index in [9.17, 15) is 4.79 Å². The van der Waals surface area contributed by atoms with Crippen molar-refractivity contribution in [2.24, 2.45) is 5.92 Å². The number of carbonyl (C=O) groups excluding carboxylic acids is 1.